The monoisotopic (exact) mass is 283 g/mol. The molecular weight excluding hydrogens is 266 g/mol. The van der Waals surface area contributed by atoms with E-state index in [0.29, 0.717) is 13.1 Å². The van der Waals surface area contributed by atoms with E-state index < -0.39 is 0 Å². The molecule has 0 amide bonds. The molecule has 3 aromatic rings. The quantitative estimate of drug-likeness (QED) is 0.751. The van der Waals surface area contributed by atoms with Gasteiger partial charge >= 0.3 is 0 Å². The third-order valence-electron chi connectivity index (χ3n) is 3.16. The van der Waals surface area contributed by atoms with Crippen molar-refractivity contribution in [3.8, 4) is 11.5 Å². The van der Waals surface area contributed by atoms with Crippen molar-refractivity contribution < 1.29 is 4.42 Å². The van der Waals surface area contributed by atoms with Gasteiger partial charge in [0.1, 0.15) is 17.3 Å². The lowest BCUT2D eigenvalue weighted by molar-refractivity contribution is 0.545. The van der Waals surface area contributed by atoms with Gasteiger partial charge < -0.3 is 9.73 Å². The Hall–Kier alpha value is -2.47. The summed E-state index contributed by atoms with van der Waals surface area (Å²) in [7, 11) is 0. The summed E-state index contributed by atoms with van der Waals surface area (Å²) in [5, 5.41) is 10.4. The molecule has 0 aliphatic rings. The van der Waals surface area contributed by atoms with E-state index in [1.54, 1.807) is 6.20 Å². The number of H-pyrrole nitrogens is 1. The van der Waals surface area contributed by atoms with Crippen LogP contribution in [0.1, 0.15) is 22.8 Å². The van der Waals surface area contributed by atoms with E-state index >= 15 is 0 Å². The van der Waals surface area contributed by atoms with Gasteiger partial charge in [-0.05, 0) is 32.0 Å². The van der Waals surface area contributed by atoms with Gasteiger partial charge in [-0.3, -0.25) is 5.10 Å². The third kappa shape index (κ3) is 3.17. The summed E-state index contributed by atoms with van der Waals surface area (Å²) in [6.45, 7) is 5.19. The number of nitrogens with zero attached hydrogens (tertiary/aromatic N) is 3. The summed E-state index contributed by atoms with van der Waals surface area (Å²) in [6.07, 6.45) is 3.58. The second-order valence-corrected chi connectivity index (χ2v) is 4.88. The van der Waals surface area contributed by atoms with E-state index in [0.717, 1.165) is 34.3 Å². The Labute approximate surface area is 122 Å². The predicted octanol–water partition coefficient (Wildman–Crippen LogP) is 2.37. The molecule has 0 aromatic carbocycles. The van der Waals surface area contributed by atoms with Crippen molar-refractivity contribution in [3.05, 3.63) is 53.4 Å². The van der Waals surface area contributed by atoms with Crippen LogP contribution in [-0.2, 0) is 13.1 Å². The molecule has 0 aliphatic heterocycles. The van der Waals surface area contributed by atoms with Crippen LogP contribution in [-0.4, -0.2) is 20.2 Å². The van der Waals surface area contributed by atoms with Gasteiger partial charge in [-0.25, -0.2) is 9.97 Å². The fourth-order valence-corrected chi connectivity index (χ4v) is 2.16. The summed E-state index contributed by atoms with van der Waals surface area (Å²) >= 11 is 0. The number of hydrogen-bond acceptors (Lipinski definition) is 5. The molecule has 0 radical (unpaired) electrons. The van der Waals surface area contributed by atoms with Crippen molar-refractivity contribution in [1.29, 1.82) is 0 Å². The van der Waals surface area contributed by atoms with Crippen molar-refractivity contribution >= 4 is 0 Å². The van der Waals surface area contributed by atoms with Crippen molar-refractivity contribution in [2.45, 2.75) is 26.9 Å². The summed E-state index contributed by atoms with van der Waals surface area (Å²) in [4.78, 5) is 8.45. The van der Waals surface area contributed by atoms with Crippen LogP contribution in [0.4, 0.5) is 0 Å². The summed E-state index contributed by atoms with van der Waals surface area (Å²) in [5.74, 6) is 2.47. The van der Waals surface area contributed by atoms with Gasteiger partial charge in [0, 0.05) is 24.8 Å². The van der Waals surface area contributed by atoms with Crippen LogP contribution in [0, 0.1) is 13.8 Å². The number of aromatic amines is 1. The lowest BCUT2D eigenvalue weighted by Crippen LogP contribution is -2.14. The molecule has 3 aromatic heterocycles. The minimum atomic E-state index is 0.686. The number of furan rings is 1. The molecule has 0 saturated carbocycles. The SMILES string of the molecule is Cc1nccc(CNCc2cn[nH]c2-c2ccc(C)o2)n1. The van der Waals surface area contributed by atoms with Crippen LogP contribution < -0.4 is 5.32 Å². The van der Waals surface area contributed by atoms with E-state index in [9.17, 15) is 0 Å². The Kier molecular flexibility index (Phi) is 3.79. The maximum Gasteiger partial charge on any atom is 0.152 e. The second kappa shape index (κ2) is 5.88. The van der Waals surface area contributed by atoms with E-state index in [1.807, 2.05) is 38.2 Å². The molecule has 3 rings (SSSR count). The Bertz CT molecular complexity index is 731. The molecule has 0 atom stereocenters. The number of aromatic nitrogens is 4. The molecule has 0 saturated heterocycles. The first kappa shape index (κ1) is 13.5. The second-order valence-electron chi connectivity index (χ2n) is 4.88. The van der Waals surface area contributed by atoms with Crippen LogP contribution in [0.5, 0.6) is 0 Å². The van der Waals surface area contributed by atoms with E-state index in [2.05, 4.69) is 25.5 Å². The first-order valence-corrected chi connectivity index (χ1v) is 6.80. The van der Waals surface area contributed by atoms with E-state index in [-0.39, 0.29) is 0 Å². The van der Waals surface area contributed by atoms with Gasteiger partial charge in [0.2, 0.25) is 0 Å². The average Bonchev–Trinajstić information content (AvgIpc) is 3.07. The molecule has 6 nitrogen and oxygen atoms in total. The van der Waals surface area contributed by atoms with Gasteiger partial charge in [-0.15, -0.1) is 0 Å². The molecular formula is C15H17N5O. The minimum Gasteiger partial charge on any atom is -0.460 e. The van der Waals surface area contributed by atoms with Crippen molar-refractivity contribution in [2.24, 2.45) is 0 Å². The molecule has 6 heteroatoms. The number of nitrogens with one attached hydrogen (secondary N) is 2. The number of rotatable bonds is 5. The lowest BCUT2D eigenvalue weighted by atomic mass is 10.2. The summed E-state index contributed by atoms with van der Waals surface area (Å²) in [6, 6.07) is 5.79. The zero-order chi connectivity index (χ0) is 14.7. The normalized spacial score (nSPS) is 11.0. The molecule has 21 heavy (non-hydrogen) atoms. The molecule has 108 valence electrons. The number of aryl methyl sites for hydroxylation is 2. The zero-order valence-corrected chi connectivity index (χ0v) is 12.1. The fraction of sp³-hybridized carbons (Fsp3) is 0.267. The minimum absolute atomic E-state index is 0.686. The molecule has 0 fully saturated rings. The highest BCUT2D eigenvalue weighted by Crippen LogP contribution is 2.23. The maximum absolute atomic E-state index is 5.63. The topological polar surface area (TPSA) is 79.6 Å². The number of hydrogen-bond donors (Lipinski definition) is 2. The van der Waals surface area contributed by atoms with Gasteiger partial charge in [-0.2, -0.15) is 5.10 Å². The van der Waals surface area contributed by atoms with Crippen LogP contribution in [0.3, 0.4) is 0 Å². The zero-order valence-electron chi connectivity index (χ0n) is 12.1. The average molecular weight is 283 g/mol. The first-order chi connectivity index (χ1) is 10.2. The predicted molar refractivity (Wildman–Crippen MR) is 78.3 cm³/mol. The van der Waals surface area contributed by atoms with Crippen LogP contribution in [0.2, 0.25) is 0 Å². The Morgan fingerprint density at radius 2 is 2.10 bits per heavy atom. The summed E-state index contributed by atoms with van der Waals surface area (Å²) < 4.78 is 5.63. The standard InChI is InChI=1S/C15H17N5O/c1-10-3-4-14(21-10)15-12(8-18-20-15)7-16-9-13-5-6-17-11(2)19-13/h3-6,8,16H,7,9H2,1-2H3,(H,18,20). The van der Waals surface area contributed by atoms with Gasteiger partial charge in [0.15, 0.2) is 5.76 Å². The largest absolute Gasteiger partial charge is 0.460 e. The van der Waals surface area contributed by atoms with Crippen LogP contribution in [0.15, 0.2) is 35.0 Å². The smallest absolute Gasteiger partial charge is 0.152 e. The Balaban J connectivity index is 1.65. The van der Waals surface area contributed by atoms with Crippen molar-refractivity contribution in [3.63, 3.8) is 0 Å². The van der Waals surface area contributed by atoms with Gasteiger partial charge in [0.25, 0.3) is 0 Å². The Morgan fingerprint density at radius 1 is 1.19 bits per heavy atom. The fourth-order valence-electron chi connectivity index (χ4n) is 2.16. The van der Waals surface area contributed by atoms with Crippen LogP contribution >= 0.6 is 0 Å². The highest BCUT2D eigenvalue weighted by Gasteiger charge is 2.10. The summed E-state index contributed by atoms with van der Waals surface area (Å²) in [5.41, 5.74) is 2.95. The molecule has 2 N–H and O–H groups in total. The molecule has 3 heterocycles. The Morgan fingerprint density at radius 3 is 2.86 bits per heavy atom. The molecule has 0 spiro atoms. The van der Waals surface area contributed by atoms with Crippen molar-refractivity contribution in [1.82, 2.24) is 25.5 Å². The van der Waals surface area contributed by atoms with Crippen LogP contribution in [0.25, 0.3) is 11.5 Å². The highest BCUT2D eigenvalue weighted by atomic mass is 16.3. The molecule has 0 unspecified atom stereocenters. The van der Waals surface area contributed by atoms with Gasteiger partial charge in [-0.1, -0.05) is 0 Å². The van der Waals surface area contributed by atoms with E-state index in [1.165, 1.54) is 0 Å². The highest BCUT2D eigenvalue weighted by molar-refractivity contribution is 5.56. The maximum atomic E-state index is 5.63. The molecule has 0 aliphatic carbocycles. The third-order valence-corrected chi connectivity index (χ3v) is 3.16. The first-order valence-electron chi connectivity index (χ1n) is 6.80. The van der Waals surface area contributed by atoms with E-state index in [4.69, 9.17) is 4.42 Å². The lowest BCUT2D eigenvalue weighted by Gasteiger charge is -2.04. The van der Waals surface area contributed by atoms with Crippen molar-refractivity contribution in [2.75, 3.05) is 0 Å². The molecule has 0 bridgehead atoms. The van der Waals surface area contributed by atoms with Gasteiger partial charge in [0.05, 0.1) is 11.9 Å².